The number of carbonyl (C=O) groups excluding carboxylic acids is 2. The molecule has 8 heteroatoms. The van der Waals surface area contributed by atoms with Gasteiger partial charge in [-0.15, -0.1) is 11.3 Å². The van der Waals surface area contributed by atoms with Crippen molar-refractivity contribution in [2.24, 2.45) is 0 Å². The molecule has 32 heavy (non-hydrogen) atoms. The van der Waals surface area contributed by atoms with Crippen molar-refractivity contribution in [1.29, 1.82) is 0 Å². The molecule has 4 rings (SSSR count). The van der Waals surface area contributed by atoms with Crippen molar-refractivity contribution in [3.8, 4) is 16.3 Å². The van der Waals surface area contributed by atoms with Crippen LogP contribution in [0.4, 0.5) is 5.69 Å². The van der Waals surface area contributed by atoms with Crippen molar-refractivity contribution >= 4 is 51.4 Å². The zero-order valence-electron chi connectivity index (χ0n) is 17.1. The van der Waals surface area contributed by atoms with E-state index in [1.807, 2.05) is 31.2 Å². The number of halogens is 1. The van der Waals surface area contributed by atoms with Crippen LogP contribution in [0.15, 0.2) is 66.7 Å². The molecule has 162 valence electrons. The normalized spacial score (nSPS) is 10.7. The molecule has 1 amide bonds. The number of benzene rings is 2. The number of pyridine rings is 1. The van der Waals surface area contributed by atoms with Gasteiger partial charge < -0.3 is 14.8 Å². The van der Waals surface area contributed by atoms with Crippen molar-refractivity contribution in [3.05, 3.63) is 76.6 Å². The van der Waals surface area contributed by atoms with Crippen molar-refractivity contribution in [2.45, 2.75) is 6.92 Å². The first-order valence-electron chi connectivity index (χ1n) is 9.89. The Kier molecular flexibility index (Phi) is 6.68. The highest BCUT2D eigenvalue weighted by Gasteiger charge is 2.17. The van der Waals surface area contributed by atoms with Crippen molar-refractivity contribution < 1.29 is 19.1 Å². The standard InChI is InChI=1S/C24H19ClN2O4S/c1-2-30-16-9-7-15(8-10-16)26-23(28)14-31-24(29)18-13-20(21-11-12-22(25)32-21)27-19-6-4-3-5-17(18)19/h3-13H,2,14H2,1H3,(H,26,28). The van der Waals surface area contributed by atoms with Crippen LogP contribution in [0.5, 0.6) is 5.75 Å². The molecule has 0 aliphatic carbocycles. The number of hydrogen-bond acceptors (Lipinski definition) is 6. The Labute approximate surface area is 193 Å². The number of aromatic nitrogens is 1. The molecule has 0 spiro atoms. The van der Waals surface area contributed by atoms with E-state index in [0.29, 0.717) is 44.5 Å². The maximum absolute atomic E-state index is 12.9. The number of thiophene rings is 1. The number of fused-ring (bicyclic) bond motifs is 1. The second-order valence-corrected chi connectivity index (χ2v) is 8.47. The molecular weight excluding hydrogens is 448 g/mol. The second kappa shape index (κ2) is 9.80. The molecule has 0 saturated carbocycles. The SMILES string of the molecule is CCOc1ccc(NC(=O)COC(=O)c2cc(-c3ccc(Cl)s3)nc3ccccc23)cc1. The van der Waals surface area contributed by atoms with Gasteiger partial charge in [-0.05, 0) is 55.5 Å². The first-order chi connectivity index (χ1) is 15.5. The monoisotopic (exact) mass is 466 g/mol. The highest BCUT2D eigenvalue weighted by atomic mass is 35.5. The number of ether oxygens (including phenoxy) is 2. The van der Waals surface area contributed by atoms with E-state index < -0.39 is 18.5 Å². The summed E-state index contributed by atoms with van der Waals surface area (Å²) in [7, 11) is 0. The van der Waals surface area contributed by atoms with Crippen LogP contribution in [0, 0.1) is 0 Å². The highest BCUT2D eigenvalue weighted by Crippen LogP contribution is 2.32. The molecule has 2 heterocycles. The highest BCUT2D eigenvalue weighted by molar-refractivity contribution is 7.19. The number of carbonyl (C=O) groups is 2. The van der Waals surface area contributed by atoms with E-state index in [1.54, 1.807) is 42.5 Å². The summed E-state index contributed by atoms with van der Waals surface area (Å²) >= 11 is 7.42. The molecule has 0 saturated heterocycles. The number of nitrogens with zero attached hydrogens (tertiary/aromatic N) is 1. The lowest BCUT2D eigenvalue weighted by molar-refractivity contribution is -0.119. The van der Waals surface area contributed by atoms with Gasteiger partial charge >= 0.3 is 5.97 Å². The van der Waals surface area contributed by atoms with Gasteiger partial charge in [0.25, 0.3) is 5.91 Å². The fourth-order valence-corrected chi connectivity index (χ4v) is 4.13. The largest absolute Gasteiger partial charge is 0.494 e. The van der Waals surface area contributed by atoms with Gasteiger partial charge in [-0.1, -0.05) is 29.8 Å². The topological polar surface area (TPSA) is 77.5 Å². The van der Waals surface area contributed by atoms with E-state index in [2.05, 4.69) is 10.3 Å². The van der Waals surface area contributed by atoms with Crippen LogP contribution in [0.3, 0.4) is 0 Å². The maximum Gasteiger partial charge on any atom is 0.339 e. The summed E-state index contributed by atoms with van der Waals surface area (Å²) in [6, 6.07) is 19.5. The van der Waals surface area contributed by atoms with E-state index in [4.69, 9.17) is 21.1 Å². The number of nitrogens with one attached hydrogen (secondary N) is 1. The van der Waals surface area contributed by atoms with Gasteiger partial charge in [-0.2, -0.15) is 0 Å². The molecule has 0 aliphatic heterocycles. The van der Waals surface area contributed by atoms with Crippen LogP contribution in [-0.2, 0) is 9.53 Å². The van der Waals surface area contributed by atoms with E-state index in [-0.39, 0.29) is 0 Å². The summed E-state index contributed by atoms with van der Waals surface area (Å²) in [4.78, 5) is 30.6. The minimum absolute atomic E-state index is 0.337. The fraction of sp³-hybridized carbons (Fsp3) is 0.125. The third-order valence-electron chi connectivity index (χ3n) is 4.55. The zero-order chi connectivity index (χ0) is 22.5. The van der Waals surface area contributed by atoms with Gasteiger partial charge in [0.05, 0.1) is 32.6 Å². The van der Waals surface area contributed by atoms with Gasteiger partial charge in [-0.3, -0.25) is 4.79 Å². The predicted molar refractivity (Wildman–Crippen MR) is 127 cm³/mol. The summed E-state index contributed by atoms with van der Waals surface area (Å²) in [5, 5.41) is 3.35. The quantitative estimate of drug-likeness (QED) is 0.348. The summed E-state index contributed by atoms with van der Waals surface area (Å²) in [5.41, 5.74) is 2.19. The molecule has 4 aromatic rings. The summed E-state index contributed by atoms with van der Waals surface area (Å²) < 4.78 is 11.3. The van der Waals surface area contributed by atoms with Crippen LogP contribution < -0.4 is 10.1 Å². The van der Waals surface area contributed by atoms with Gasteiger partial charge in [0.2, 0.25) is 0 Å². The van der Waals surface area contributed by atoms with Crippen LogP contribution in [0.1, 0.15) is 17.3 Å². The zero-order valence-corrected chi connectivity index (χ0v) is 18.7. The Morgan fingerprint density at radius 1 is 1.06 bits per heavy atom. The van der Waals surface area contributed by atoms with Gasteiger partial charge in [0, 0.05) is 11.1 Å². The molecule has 0 fully saturated rings. The van der Waals surface area contributed by atoms with E-state index >= 15 is 0 Å². The molecule has 0 aliphatic rings. The van der Waals surface area contributed by atoms with Crippen molar-refractivity contribution in [2.75, 3.05) is 18.5 Å². The number of amides is 1. The third-order valence-corrected chi connectivity index (χ3v) is 5.80. The van der Waals surface area contributed by atoms with Crippen molar-refractivity contribution in [1.82, 2.24) is 4.98 Å². The minimum atomic E-state index is -0.602. The summed E-state index contributed by atoms with van der Waals surface area (Å²) in [6.07, 6.45) is 0. The minimum Gasteiger partial charge on any atom is -0.494 e. The number of para-hydroxylation sites is 1. The summed E-state index contributed by atoms with van der Waals surface area (Å²) in [5.74, 6) is -0.329. The number of esters is 1. The Morgan fingerprint density at radius 2 is 1.84 bits per heavy atom. The van der Waals surface area contributed by atoms with Crippen molar-refractivity contribution in [3.63, 3.8) is 0 Å². The lowest BCUT2D eigenvalue weighted by Crippen LogP contribution is -2.21. The van der Waals surface area contributed by atoms with Gasteiger partial charge in [0.1, 0.15) is 5.75 Å². The average Bonchev–Trinajstić information content (AvgIpc) is 3.24. The van der Waals surface area contributed by atoms with E-state index in [1.165, 1.54) is 11.3 Å². The average molecular weight is 467 g/mol. The molecule has 0 bridgehead atoms. The molecule has 2 aromatic heterocycles. The number of rotatable bonds is 7. The molecule has 0 unspecified atom stereocenters. The number of hydrogen-bond donors (Lipinski definition) is 1. The van der Waals surface area contributed by atoms with Crippen LogP contribution in [-0.4, -0.2) is 30.1 Å². The lowest BCUT2D eigenvalue weighted by atomic mass is 10.1. The van der Waals surface area contributed by atoms with Crippen LogP contribution >= 0.6 is 22.9 Å². The molecule has 0 radical (unpaired) electrons. The Morgan fingerprint density at radius 3 is 2.56 bits per heavy atom. The Bertz CT molecular complexity index is 1270. The lowest BCUT2D eigenvalue weighted by Gasteiger charge is -2.10. The van der Waals surface area contributed by atoms with E-state index in [9.17, 15) is 9.59 Å². The smallest absolute Gasteiger partial charge is 0.339 e. The molecule has 2 aromatic carbocycles. The molecular formula is C24H19ClN2O4S. The summed E-state index contributed by atoms with van der Waals surface area (Å²) in [6.45, 7) is 2.05. The Hall–Kier alpha value is -3.42. The van der Waals surface area contributed by atoms with Gasteiger partial charge in [-0.25, -0.2) is 9.78 Å². The fourth-order valence-electron chi connectivity index (χ4n) is 3.13. The second-order valence-electron chi connectivity index (χ2n) is 6.76. The Balaban J connectivity index is 1.49. The maximum atomic E-state index is 12.9. The van der Waals surface area contributed by atoms with Crippen LogP contribution in [0.25, 0.3) is 21.5 Å². The first-order valence-corrected chi connectivity index (χ1v) is 11.1. The van der Waals surface area contributed by atoms with Gasteiger partial charge in [0.15, 0.2) is 6.61 Å². The molecule has 6 nitrogen and oxygen atoms in total. The number of anilines is 1. The first kappa shape index (κ1) is 21.8. The van der Waals surface area contributed by atoms with Crippen LogP contribution in [0.2, 0.25) is 4.34 Å². The predicted octanol–water partition coefficient (Wildman–Crippen LogP) is 5.81. The molecule has 0 atom stereocenters. The molecule has 1 N–H and O–H groups in total. The third kappa shape index (κ3) is 5.07. The van der Waals surface area contributed by atoms with E-state index in [0.717, 1.165) is 4.88 Å².